The Balaban J connectivity index is 3.78. The standard InChI is InChI=1S/C33H54O5/c1-3-5-7-9-11-13-15-16-18-19-21-23-25-27-32(35)37-30-31(29-34)38-33(36)28-26-24-22-20-17-14-12-10-8-6-4-2/h5,7,9,11,13,15-16,18-19,21,31,34H,3-4,6,8,10,12,14,17,20,22-30H2,1-2H3/b7-5+,11-9+,15-13+,18-16+,21-19+. The van der Waals surface area contributed by atoms with Gasteiger partial charge in [-0.25, -0.2) is 0 Å². The van der Waals surface area contributed by atoms with Gasteiger partial charge in [-0.15, -0.1) is 0 Å². The number of esters is 2. The van der Waals surface area contributed by atoms with Gasteiger partial charge in [-0.1, -0.05) is 139 Å². The Bertz CT molecular complexity index is 702. The Labute approximate surface area is 232 Å². The average molecular weight is 531 g/mol. The second-order valence-electron chi connectivity index (χ2n) is 9.57. The Hall–Kier alpha value is -2.40. The fourth-order valence-corrected chi connectivity index (χ4v) is 3.70. The van der Waals surface area contributed by atoms with Gasteiger partial charge in [0.25, 0.3) is 0 Å². The van der Waals surface area contributed by atoms with Gasteiger partial charge in [-0.2, -0.15) is 0 Å². The zero-order valence-corrected chi connectivity index (χ0v) is 24.2. The van der Waals surface area contributed by atoms with Gasteiger partial charge in [0.05, 0.1) is 6.61 Å². The molecule has 0 saturated carbocycles. The third-order valence-corrected chi connectivity index (χ3v) is 5.95. The number of hydrogen-bond acceptors (Lipinski definition) is 5. The first-order chi connectivity index (χ1) is 18.6. The first-order valence-electron chi connectivity index (χ1n) is 14.9. The van der Waals surface area contributed by atoms with Crippen molar-refractivity contribution in [3.05, 3.63) is 60.8 Å². The third-order valence-electron chi connectivity index (χ3n) is 5.95. The summed E-state index contributed by atoms with van der Waals surface area (Å²) < 4.78 is 10.4. The summed E-state index contributed by atoms with van der Waals surface area (Å²) in [4.78, 5) is 24.0. The van der Waals surface area contributed by atoms with Crippen LogP contribution in [0.1, 0.15) is 117 Å². The van der Waals surface area contributed by atoms with E-state index in [4.69, 9.17) is 9.47 Å². The van der Waals surface area contributed by atoms with E-state index in [-0.39, 0.29) is 31.6 Å². The number of aliphatic hydroxyl groups excluding tert-OH is 1. The van der Waals surface area contributed by atoms with E-state index in [2.05, 4.69) is 19.9 Å². The number of carbonyl (C=O) groups is 2. The van der Waals surface area contributed by atoms with Crippen LogP contribution in [-0.4, -0.2) is 36.4 Å². The van der Waals surface area contributed by atoms with Gasteiger partial charge in [0.1, 0.15) is 6.61 Å². The first-order valence-corrected chi connectivity index (χ1v) is 14.9. The lowest BCUT2D eigenvalue weighted by molar-refractivity contribution is -0.161. The molecule has 0 aliphatic heterocycles. The van der Waals surface area contributed by atoms with Gasteiger partial charge in [-0.05, 0) is 25.7 Å². The summed E-state index contributed by atoms with van der Waals surface area (Å²) in [5.74, 6) is -0.686. The summed E-state index contributed by atoms with van der Waals surface area (Å²) in [7, 11) is 0. The molecule has 1 unspecified atom stereocenters. The third kappa shape index (κ3) is 26.7. The van der Waals surface area contributed by atoms with E-state index in [0.717, 1.165) is 32.1 Å². The first kappa shape index (κ1) is 35.6. The number of carbonyl (C=O) groups excluding carboxylic acids is 2. The maximum absolute atomic E-state index is 12.0. The molecule has 38 heavy (non-hydrogen) atoms. The van der Waals surface area contributed by atoms with Crippen molar-refractivity contribution in [2.45, 2.75) is 123 Å². The molecule has 0 amide bonds. The van der Waals surface area contributed by atoms with Gasteiger partial charge in [0.15, 0.2) is 6.10 Å². The van der Waals surface area contributed by atoms with Crippen LogP contribution >= 0.6 is 0 Å². The number of allylic oxidation sites excluding steroid dienone is 10. The van der Waals surface area contributed by atoms with Gasteiger partial charge >= 0.3 is 11.9 Å². The van der Waals surface area contributed by atoms with Crippen LogP contribution in [0.15, 0.2) is 60.8 Å². The summed E-state index contributed by atoms with van der Waals surface area (Å²) in [6.07, 6.45) is 35.6. The minimum atomic E-state index is -0.797. The molecule has 0 bridgehead atoms. The highest BCUT2D eigenvalue weighted by atomic mass is 16.6. The molecule has 0 aromatic rings. The minimum Gasteiger partial charge on any atom is -0.462 e. The quantitative estimate of drug-likeness (QED) is 0.0728. The maximum atomic E-state index is 12.0. The zero-order chi connectivity index (χ0) is 27.9. The molecule has 1 atom stereocenters. The van der Waals surface area contributed by atoms with Crippen LogP contribution in [0.4, 0.5) is 0 Å². The highest BCUT2D eigenvalue weighted by Crippen LogP contribution is 2.12. The fraction of sp³-hybridized carbons (Fsp3) is 0.636. The summed E-state index contributed by atoms with van der Waals surface area (Å²) in [5.41, 5.74) is 0. The number of hydrogen-bond donors (Lipinski definition) is 1. The molecule has 0 fully saturated rings. The Morgan fingerprint density at radius 2 is 1.13 bits per heavy atom. The summed E-state index contributed by atoms with van der Waals surface area (Å²) >= 11 is 0. The summed E-state index contributed by atoms with van der Waals surface area (Å²) in [6, 6.07) is 0. The van der Waals surface area contributed by atoms with Crippen LogP contribution in [0.5, 0.6) is 0 Å². The van der Waals surface area contributed by atoms with Gasteiger partial charge in [-0.3, -0.25) is 9.59 Å². The van der Waals surface area contributed by atoms with E-state index in [1.807, 2.05) is 54.7 Å². The molecule has 0 spiro atoms. The lowest BCUT2D eigenvalue weighted by atomic mass is 10.1. The normalized spacial score (nSPS) is 13.0. The topological polar surface area (TPSA) is 72.8 Å². The van der Waals surface area contributed by atoms with Crippen molar-refractivity contribution < 1.29 is 24.2 Å². The van der Waals surface area contributed by atoms with Crippen molar-refractivity contribution in [1.82, 2.24) is 0 Å². The number of ether oxygens (including phenoxy) is 2. The van der Waals surface area contributed by atoms with Crippen molar-refractivity contribution in [2.24, 2.45) is 0 Å². The molecule has 0 aliphatic carbocycles. The van der Waals surface area contributed by atoms with Crippen molar-refractivity contribution in [2.75, 3.05) is 13.2 Å². The average Bonchev–Trinajstić information content (AvgIpc) is 2.92. The van der Waals surface area contributed by atoms with Crippen LogP contribution < -0.4 is 0 Å². The van der Waals surface area contributed by atoms with Crippen molar-refractivity contribution >= 4 is 11.9 Å². The van der Waals surface area contributed by atoms with Crippen molar-refractivity contribution in [1.29, 1.82) is 0 Å². The molecule has 0 rings (SSSR count). The molecule has 0 aliphatic rings. The van der Waals surface area contributed by atoms with E-state index < -0.39 is 6.10 Å². The second-order valence-corrected chi connectivity index (χ2v) is 9.57. The largest absolute Gasteiger partial charge is 0.462 e. The number of unbranched alkanes of at least 4 members (excludes halogenated alkanes) is 11. The fourth-order valence-electron chi connectivity index (χ4n) is 3.70. The molecule has 0 heterocycles. The molecular weight excluding hydrogens is 476 g/mol. The van der Waals surface area contributed by atoms with Gasteiger partial charge in [0.2, 0.25) is 0 Å². The predicted octanol–water partition coefficient (Wildman–Crippen LogP) is 8.50. The number of rotatable bonds is 25. The minimum absolute atomic E-state index is 0.104. The Morgan fingerprint density at radius 3 is 1.68 bits per heavy atom. The maximum Gasteiger partial charge on any atom is 0.306 e. The Morgan fingerprint density at radius 1 is 0.632 bits per heavy atom. The van der Waals surface area contributed by atoms with E-state index in [9.17, 15) is 14.7 Å². The van der Waals surface area contributed by atoms with E-state index in [1.54, 1.807) is 0 Å². The highest BCUT2D eigenvalue weighted by Gasteiger charge is 2.15. The van der Waals surface area contributed by atoms with E-state index in [0.29, 0.717) is 12.8 Å². The molecule has 5 nitrogen and oxygen atoms in total. The van der Waals surface area contributed by atoms with Crippen molar-refractivity contribution in [3.63, 3.8) is 0 Å². The number of aliphatic hydroxyl groups is 1. The monoisotopic (exact) mass is 530 g/mol. The molecule has 0 aromatic heterocycles. The van der Waals surface area contributed by atoms with Crippen LogP contribution in [0.2, 0.25) is 0 Å². The van der Waals surface area contributed by atoms with Crippen molar-refractivity contribution in [3.8, 4) is 0 Å². The molecule has 5 heteroatoms. The SMILES string of the molecule is CC/C=C/C=C/C=C/C=C/C=C/CCCC(=O)OCC(CO)OC(=O)CCCCCCCCCCCCC. The van der Waals surface area contributed by atoms with Gasteiger partial charge < -0.3 is 14.6 Å². The predicted molar refractivity (Wildman–Crippen MR) is 159 cm³/mol. The van der Waals surface area contributed by atoms with Crippen LogP contribution in [0.25, 0.3) is 0 Å². The molecular formula is C33H54O5. The van der Waals surface area contributed by atoms with Crippen LogP contribution in [0, 0.1) is 0 Å². The van der Waals surface area contributed by atoms with E-state index >= 15 is 0 Å². The van der Waals surface area contributed by atoms with Crippen LogP contribution in [-0.2, 0) is 19.1 Å². The lowest BCUT2D eigenvalue weighted by Crippen LogP contribution is -2.28. The molecule has 0 radical (unpaired) electrons. The lowest BCUT2D eigenvalue weighted by Gasteiger charge is -2.15. The molecule has 0 saturated heterocycles. The summed E-state index contributed by atoms with van der Waals surface area (Å²) in [5, 5.41) is 9.45. The highest BCUT2D eigenvalue weighted by molar-refractivity contribution is 5.70. The second kappa shape index (κ2) is 29.2. The Kier molecular flexibility index (Phi) is 27.3. The molecule has 0 aromatic carbocycles. The molecule has 1 N–H and O–H groups in total. The van der Waals surface area contributed by atoms with E-state index in [1.165, 1.54) is 51.4 Å². The molecule has 216 valence electrons. The summed E-state index contributed by atoms with van der Waals surface area (Å²) in [6.45, 7) is 3.88. The van der Waals surface area contributed by atoms with Crippen LogP contribution in [0.3, 0.4) is 0 Å². The zero-order valence-electron chi connectivity index (χ0n) is 24.2. The van der Waals surface area contributed by atoms with Gasteiger partial charge in [0, 0.05) is 12.8 Å². The smallest absolute Gasteiger partial charge is 0.306 e.